The van der Waals surface area contributed by atoms with Crippen molar-refractivity contribution in [3.05, 3.63) is 29.8 Å². The van der Waals surface area contributed by atoms with Crippen molar-refractivity contribution >= 4 is 34.2 Å². The molecular formula is C16H25ClN4O3S. The number of benzene rings is 1. The van der Waals surface area contributed by atoms with Crippen molar-refractivity contribution in [2.24, 2.45) is 10.7 Å². The molecule has 7 nitrogen and oxygen atoms in total. The number of sulfonamides is 1. The minimum absolute atomic E-state index is 0. The fraction of sp³-hybridized carbons (Fsp3) is 0.500. The van der Waals surface area contributed by atoms with Gasteiger partial charge in [-0.25, -0.2) is 8.42 Å². The molecule has 140 valence electrons. The van der Waals surface area contributed by atoms with Gasteiger partial charge in [-0.3, -0.25) is 14.5 Å². The SMILES string of the molecule is CCCCC(CN)NC(=O)C(C)N=C1NS(=O)(=O)c2ccccc21.Cl. The molecule has 0 saturated heterocycles. The molecule has 25 heavy (non-hydrogen) atoms. The maximum absolute atomic E-state index is 12.3. The predicted molar refractivity (Wildman–Crippen MR) is 101 cm³/mol. The van der Waals surface area contributed by atoms with Gasteiger partial charge in [0, 0.05) is 18.2 Å². The third-order valence-electron chi connectivity index (χ3n) is 3.90. The summed E-state index contributed by atoms with van der Waals surface area (Å²) in [5.74, 6) is -0.0660. The molecular weight excluding hydrogens is 364 g/mol. The van der Waals surface area contributed by atoms with E-state index in [1.165, 1.54) is 6.07 Å². The Hall–Kier alpha value is -1.64. The average molecular weight is 389 g/mol. The van der Waals surface area contributed by atoms with Crippen LogP contribution in [0.15, 0.2) is 34.2 Å². The summed E-state index contributed by atoms with van der Waals surface area (Å²) in [7, 11) is -3.60. The standard InChI is InChI=1S/C16H24N4O3S.ClH/c1-3-4-7-12(10-17)19-16(21)11(2)18-15-13-8-5-6-9-14(13)24(22,23)20-15;/h5-6,8-9,11-12H,3-4,7,10,17H2,1-2H3,(H,18,20)(H,19,21);1H. The Bertz CT molecular complexity index is 737. The second kappa shape index (κ2) is 9.17. The summed E-state index contributed by atoms with van der Waals surface area (Å²) in [6.07, 6.45) is 2.83. The molecule has 1 aliphatic heterocycles. The zero-order chi connectivity index (χ0) is 17.7. The van der Waals surface area contributed by atoms with Gasteiger partial charge in [-0.15, -0.1) is 12.4 Å². The smallest absolute Gasteiger partial charge is 0.263 e. The first kappa shape index (κ1) is 21.4. The Kier molecular flexibility index (Phi) is 7.85. The number of nitrogens with two attached hydrogens (primary N) is 1. The molecule has 0 aromatic heterocycles. The van der Waals surface area contributed by atoms with Crippen molar-refractivity contribution in [3.63, 3.8) is 0 Å². The van der Waals surface area contributed by atoms with Crippen LogP contribution in [0.1, 0.15) is 38.7 Å². The van der Waals surface area contributed by atoms with Gasteiger partial charge in [0.25, 0.3) is 10.0 Å². The van der Waals surface area contributed by atoms with Gasteiger partial charge in [0.1, 0.15) is 11.9 Å². The van der Waals surface area contributed by atoms with Crippen molar-refractivity contribution in [2.45, 2.75) is 50.1 Å². The molecule has 9 heteroatoms. The second-order valence-electron chi connectivity index (χ2n) is 5.84. The van der Waals surface area contributed by atoms with Gasteiger partial charge in [0.15, 0.2) is 0 Å². The van der Waals surface area contributed by atoms with Crippen molar-refractivity contribution in [2.75, 3.05) is 6.54 Å². The van der Waals surface area contributed by atoms with E-state index in [4.69, 9.17) is 5.73 Å². The summed E-state index contributed by atoms with van der Waals surface area (Å²) in [5.41, 5.74) is 6.17. The molecule has 0 spiro atoms. The summed E-state index contributed by atoms with van der Waals surface area (Å²) in [4.78, 5) is 16.7. The van der Waals surface area contributed by atoms with Crippen LogP contribution < -0.4 is 15.8 Å². The molecule has 0 aliphatic carbocycles. The number of aliphatic imine (C=N–C) groups is 1. The number of amidine groups is 1. The highest BCUT2D eigenvalue weighted by atomic mass is 35.5. The van der Waals surface area contributed by atoms with Crippen LogP contribution in [0.3, 0.4) is 0 Å². The lowest BCUT2D eigenvalue weighted by atomic mass is 10.1. The third kappa shape index (κ3) is 5.17. The average Bonchev–Trinajstić information content (AvgIpc) is 2.82. The van der Waals surface area contributed by atoms with Crippen LogP contribution in [0.2, 0.25) is 0 Å². The Labute approximate surface area is 154 Å². The Balaban J connectivity index is 0.00000312. The fourth-order valence-electron chi connectivity index (χ4n) is 2.50. The minimum Gasteiger partial charge on any atom is -0.350 e. The lowest BCUT2D eigenvalue weighted by Gasteiger charge is -2.18. The van der Waals surface area contributed by atoms with E-state index in [0.29, 0.717) is 12.1 Å². The van der Waals surface area contributed by atoms with Crippen LogP contribution in [0.5, 0.6) is 0 Å². The van der Waals surface area contributed by atoms with Crippen molar-refractivity contribution in [1.82, 2.24) is 10.0 Å². The van der Waals surface area contributed by atoms with Gasteiger partial charge >= 0.3 is 0 Å². The molecule has 2 atom stereocenters. The normalized spacial score (nSPS) is 18.6. The topological polar surface area (TPSA) is 114 Å². The summed E-state index contributed by atoms with van der Waals surface area (Å²) in [6.45, 7) is 4.07. The van der Waals surface area contributed by atoms with E-state index in [2.05, 4.69) is 22.0 Å². The number of rotatable bonds is 7. The van der Waals surface area contributed by atoms with E-state index >= 15 is 0 Å². The van der Waals surface area contributed by atoms with Crippen LogP contribution in [-0.4, -0.2) is 38.8 Å². The summed E-state index contributed by atoms with van der Waals surface area (Å²) in [5, 5.41) is 2.87. The molecule has 1 aromatic carbocycles. The van der Waals surface area contributed by atoms with Gasteiger partial charge in [0.05, 0.1) is 4.90 Å². The number of hydrogen-bond donors (Lipinski definition) is 3. The van der Waals surface area contributed by atoms with Crippen LogP contribution >= 0.6 is 12.4 Å². The number of carbonyl (C=O) groups excluding carboxylic acids is 1. The zero-order valence-corrected chi connectivity index (χ0v) is 16.0. The summed E-state index contributed by atoms with van der Waals surface area (Å²) in [6, 6.07) is 5.76. The first-order valence-corrected chi connectivity index (χ1v) is 9.57. The zero-order valence-electron chi connectivity index (χ0n) is 14.4. The molecule has 2 rings (SSSR count). The van der Waals surface area contributed by atoms with E-state index in [0.717, 1.165) is 19.3 Å². The van der Waals surface area contributed by atoms with Gasteiger partial charge in [0.2, 0.25) is 5.91 Å². The van der Waals surface area contributed by atoms with E-state index in [9.17, 15) is 13.2 Å². The number of amides is 1. The second-order valence-corrected chi connectivity index (χ2v) is 7.49. The largest absolute Gasteiger partial charge is 0.350 e. The molecule has 1 amide bonds. The van der Waals surface area contributed by atoms with Crippen molar-refractivity contribution in [1.29, 1.82) is 0 Å². The number of halogens is 1. The van der Waals surface area contributed by atoms with E-state index in [1.54, 1.807) is 25.1 Å². The molecule has 0 saturated carbocycles. The maximum Gasteiger partial charge on any atom is 0.263 e. The van der Waals surface area contributed by atoms with Crippen molar-refractivity contribution in [3.8, 4) is 0 Å². The molecule has 1 heterocycles. The number of unbranched alkanes of at least 4 members (excludes halogenated alkanes) is 1. The number of nitrogens with zero attached hydrogens (tertiary/aromatic N) is 1. The molecule has 0 radical (unpaired) electrons. The first-order valence-electron chi connectivity index (χ1n) is 8.09. The van der Waals surface area contributed by atoms with Crippen LogP contribution in [0, 0.1) is 0 Å². The van der Waals surface area contributed by atoms with Gasteiger partial charge in [-0.05, 0) is 25.5 Å². The van der Waals surface area contributed by atoms with Crippen LogP contribution in [-0.2, 0) is 14.8 Å². The summed E-state index contributed by atoms with van der Waals surface area (Å²) < 4.78 is 26.5. The number of carbonyl (C=O) groups is 1. The van der Waals surface area contributed by atoms with Crippen molar-refractivity contribution < 1.29 is 13.2 Å². The molecule has 0 bridgehead atoms. The molecule has 4 N–H and O–H groups in total. The number of nitrogens with one attached hydrogen (secondary N) is 2. The van der Waals surface area contributed by atoms with Crippen LogP contribution in [0.4, 0.5) is 0 Å². The lowest BCUT2D eigenvalue weighted by Crippen LogP contribution is -2.44. The molecule has 1 aromatic rings. The Morgan fingerprint density at radius 3 is 2.68 bits per heavy atom. The fourth-order valence-corrected chi connectivity index (χ4v) is 3.74. The Morgan fingerprint density at radius 2 is 2.04 bits per heavy atom. The van der Waals surface area contributed by atoms with E-state index in [-0.39, 0.29) is 35.1 Å². The lowest BCUT2D eigenvalue weighted by molar-refractivity contribution is -0.122. The van der Waals surface area contributed by atoms with E-state index < -0.39 is 16.1 Å². The quantitative estimate of drug-likeness (QED) is 0.650. The monoisotopic (exact) mass is 388 g/mol. The number of hydrogen-bond acceptors (Lipinski definition) is 5. The van der Waals surface area contributed by atoms with Crippen LogP contribution in [0.25, 0.3) is 0 Å². The highest BCUT2D eigenvalue weighted by Crippen LogP contribution is 2.22. The highest BCUT2D eigenvalue weighted by molar-refractivity contribution is 7.90. The highest BCUT2D eigenvalue weighted by Gasteiger charge is 2.31. The Morgan fingerprint density at radius 1 is 1.36 bits per heavy atom. The maximum atomic E-state index is 12.3. The third-order valence-corrected chi connectivity index (χ3v) is 5.30. The van der Waals surface area contributed by atoms with Gasteiger partial charge in [-0.1, -0.05) is 31.9 Å². The molecule has 1 aliphatic rings. The summed E-state index contributed by atoms with van der Waals surface area (Å²) >= 11 is 0. The molecule has 0 fully saturated rings. The first-order chi connectivity index (χ1) is 11.4. The minimum atomic E-state index is -3.60. The predicted octanol–water partition coefficient (Wildman–Crippen LogP) is 1.17. The number of fused-ring (bicyclic) bond motifs is 1. The van der Waals surface area contributed by atoms with E-state index in [1.807, 2.05) is 0 Å². The van der Waals surface area contributed by atoms with Gasteiger partial charge in [-0.2, -0.15) is 0 Å². The van der Waals surface area contributed by atoms with Gasteiger partial charge < -0.3 is 11.1 Å². The molecule has 2 unspecified atom stereocenters.